The minimum absolute atomic E-state index is 0.123. The van der Waals surface area contributed by atoms with Crippen molar-refractivity contribution in [3.8, 4) is 0 Å². The molecule has 1 rings (SSSR count). The molecule has 16 heavy (non-hydrogen) atoms. The van der Waals surface area contributed by atoms with E-state index >= 15 is 0 Å². The predicted molar refractivity (Wildman–Crippen MR) is 63.8 cm³/mol. The molecule has 6 heteroatoms. The summed E-state index contributed by atoms with van der Waals surface area (Å²) < 4.78 is 21.7. The number of thioether (sulfide) groups is 1. The van der Waals surface area contributed by atoms with Crippen LogP contribution in [-0.4, -0.2) is 37.3 Å². The number of hydrogen-bond acceptors (Lipinski definition) is 4. The first-order valence-electron chi connectivity index (χ1n) is 4.52. The molecular weight excluding hydrogens is 248 g/mol. The van der Waals surface area contributed by atoms with Gasteiger partial charge in [0.15, 0.2) is 0 Å². The van der Waals surface area contributed by atoms with Crippen LogP contribution >= 0.6 is 11.8 Å². The number of carbonyl (C=O) groups is 1. The van der Waals surface area contributed by atoms with E-state index in [9.17, 15) is 13.2 Å². The van der Waals surface area contributed by atoms with Gasteiger partial charge in [0, 0.05) is 16.9 Å². The molecular formula is C10H12O4S2. The zero-order chi connectivity index (χ0) is 12.2. The third kappa shape index (κ3) is 4.67. The summed E-state index contributed by atoms with van der Waals surface area (Å²) in [4.78, 5) is 11.4. The smallest absolute Gasteiger partial charge is 0.335 e. The summed E-state index contributed by atoms with van der Waals surface area (Å²) >= 11 is 1.40. The fourth-order valence-corrected chi connectivity index (χ4v) is 3.11. The average molecular weight is 260 g/mol. The van der Waals surface area contributed by atoms with E-state index in [2.05, 4.69) is 0 Å². The number of carboxylic acid groups (broad SMARTS) is 1. The molecule has 1 aromatic carbocycles. The number of benzene rings is 1. The van der Waals surface area contributed by atoms with Crippen LogP contribution in [0.2, 0.25) is 0 Å². The number of carboxylic acids is 1. The molecule has 0 bridgehead atoms. The van der Waals surface area contributed by atoms with Crippen molar-refractivity contribution in [3.63, 3.8) is 0 Å². The molecule has 0 aromatic heterocycles. The highest BCUT2D eigenvalue weighted by Gasteiger charge is 2.04. The van der Waals surface area contributed by atoms with Crippen molar-refractivity contribution in [2.75, 3.05) is 17.8 Å². The van der Waals surface area contributed by atoms with Crippen LogP contribution in [0.5, 0.6) is 0 Å². The lowest BCUT2D eigenvalue weighted by Gasteiger charge is -2.01. The molecule has 88 valence electrons. The quantitative estimate of drug-likeness (QED) is 0.813. The SMILES string of the molecule is CS(=O)(=O)CCSc1ccc(C(=O)O)cc1. The van der Waals surface area contributed by atoms with Gasteiger partial charge < -0.3 is 5.11 Å². The predicted octanol–water partition coefficient (Wildman–Crippen LogP) is 1.52. The van der Waals surface area contributed by atoms with Crippen molar-refractivity contribution in [2.45, 2.75) is 4.90 Å². The first-order chi connectivity index (χ1) is 7.38. The van der Waals surface area contributed by atoms with Crippen LogP contribution in [0.1, 0.15) is 10.4 Å². The van der Waals surface area contributed by atoms with Gasteiger partial charge in [0.2, 0.25) is 0 Å². The van der Waals surface area contributed by atoms with Gasteiger partial charge in [-0.3, -0.25) is 0 Å². The van der Waals surface area contributed by atoms with E-state index in [1.165, 1.54) is 30.2 Å². The van der Waals surface area contributed by atoms with Crippen molar-refractivity contribution in [1.29, 1.82) is 0 Å². The van der Waals surface area contributed by atoms with Crippen molar-refractivity contribution in [1.82, 2.24) is 0 Å². The minimum Gasteiger partial charge on any atom is -0.478 e. The summed E-state index contributed by atoms with van der Waals surface area (Å²) in [6.45, 7) is 0. The molecule has 0 spiro atoms. The topological polar surface area (TPSA) is 71.4 Å². The monoisotopic (exact) mass is 260 g/mol. The summed E-state index contributed by atoms with van der Waals surface area (Å²) in [5, 5.41) is 8.67. The standard InChI is InChI=1S/C10H12O4S2/c1-16(13,14)7-6-15-9-4-2-8(3-5-9)10(11)12/h2-5H,6-7H2,1H3,(H,11,12). The largest absolute Gasteiger partial charge is 0.478 e. The van der Waals surface area contributed by atoms with E-state index < -0.39 is 15.8 Å². The molecule has 0 atom stereocenters. The Bertz CT molecular complexity index is 462. The number of sulfone groups is 1. The molecule has 0 saturated heterocycles. The van der Waals surface area contributed by atoms with Crippen LogP contribution in [0.4, 0.5) is 0 Å². The van der Waals surface area contributed by atoms with E-state index in [0.29, 0.717) is 5.75 Å². The van der Waals surface area contributed by atoms with Gasteiger partial charge in [-0.25, -0.2) is 13.2 Å². The normalized spacial score (nSPS) is 11.3. The Kier molecular flexibility index (Phi) is 4.37. The Hall–Kier alpha value is -1.01. The van der Waals surface area contributed by atoms with Gasteiger partial charge in [0.1, 0.15) is 9.84 Å². The van der Waals surface area contributed by atoms with Gasteiger partial charge in [-0.2, -0.15) is 0 Å². The summed E-state index contributed by atoms with van der Waals surface area (Å²) in [5.74, 6) is -0.364. The Balaban J connectivity index is 2.53. The third-order valence-corrected chi connectivity index (χ3v) is 4.04. The highest BCUT2D eigenvalue weighted by atomic mass is 32.2. The lowest BCUT2D eigenvalue weighted by Crippen LogP contribution is -2.04. The Morgan fingerprint density at radius 1 is 1.31 bits per heavy atom. The van der Waals surface area contributed by atoms with Gasteiger partial charge >= 0.3 is 5.97 Å². The molecule has 0 amide bonds. The summed E-state index contributed by atoms with van der Waals surface area (Å²) in [6, 6.07) is 6.36. The lowest BCUT2D eigenvalue weighted by atomic mass is 10.2. The molecule has 0 unspecified atom stereocenters. The highest BCUT2D eigenvalue weighted by Crippen LogP contribution is 2.18. The third-order valence-electron chi connectivity index (χ3n) is 1.82. The van der Waals surface area contributed by atoms with Crippen molar-refractivity contribution < 1.29 is 18.3 Å². The molecule has 0 aliphatic carbocycles. The van der Waals surface area contributed by atoms with E-state index in [1.54, 1.807) is 12.1 Å². The van der Waals surface area contributed by atoms with E-state index in [4.69, 9.17) is 5.11 Å². The fourth-order valence-electron chi connectivity index (χ4n) is 1.00. The first kappa shape index (κ1) is 13.1. The summed E-state index contributed by atoms with van der Waals surface area (Å²) in [6.07, 6.45) is 1.20. The second-order valence-electron chi connectivity index (χ2n) is 3.31. The molecule has 1 N–H and O–H groups in total. The highest BCUT2D eigenvalue weighted by molar-refractivity contribution is 8.00. The van der Waals surface area contributed by atoms with Gasteiger partial charge in [0.25, 0.3) is 0 Å². The Morgan fingerprint density at radius 3 is 2.31 bits per heavy atom. The lowest BCUT2D eigenvalue weighted by molar-refractivity contribution is 0.0697. The first-order valence-corrected chi connectivity index (χ1v) is 7.57. The second-order valence-corrected chi connectivity index (χ2v) is 6.74. The molecule has 0 aliphatic rings. The number of rotatable bonds is 5. The molecule has 0 fully saturated rings. The molecule has 0 saturated carbocycles. The minimum atomic E-state index is -2.93. The van der Waals surface area contributed by atoms with Crippen LogP contribution in [0, 0.1) is 0 Å². The molecule has 4 nitrogen and oxygen atoms in total. The van der Waals surface area contributed by atoms with Gasteiger partial charge in [-0.1, -0.05) is 0 Å². The maximum atomic E-state index is 10.9. The zero-order valence-corrected chi connectivity index (χ0v) is 10.3. The van der Waals surface area contributed by atoms with Gasteiger partial charge in [-0.05, 0) is 24.3 Å². The van der Waals surface area contributed by atoms with E-state index in [0.717, 1.165) is 4.90 Å². The number of aromatic carboxylic acids is 1. The van der Waals surface area contributed by atoms with Crippen molar-refractivity contribution in [3.05, 3.63) is 29.8 Å². The zero-order valence-electron chi connectivity index (χ0n) is 8.71. The molecule has 0 heterocycles. The maximum absolute atomic E-state index is 10.9. The van der Waals surface area contributed by atoms with E-state index in [1.807, 2.05) is 0 Å². The maximum Gasteiger partial charge on any atom is 0.335 e. The summed E-state index contributed by atoms with van der Waals surface area (Å²) in [7, 11) is -2.93. The Labute approximate surface area is 98.6 Å². The van der Waals surface area contributed by atoms with Crippen LogP contribution in [0.25, 0.3) is 0 Å². The van der Waals surface area contributed by atoms with Crippen LogP contribution in [0.3, 0.4) is 0 Å². The van der Waals surface area contributed by atoms with Gasteiger partial charge in [-0.15, -0.1) is 11.8 Å². The molecule has 1 aromatic rings. The van der Waals surface area contributed by atoms with Crippen molar-refractivity contribution >= 4 is 27.6 Å². The van der Waals surface area contributed by atoms with Crippen LogP contribution in [-0.2, 0) is 9.84 Å². The number of hydrogen-bond donors (Lipinski definition) is 1. The van der Waals surface area contributed by atoms with E-state index in [-0.39, 0.29) is 11.3 Å². The summed E-state index contributed by atoms with van der Waals surface area (Å²) in [5.41, 5.74) is 0.229. The molecule has 0 aliphatic heterocycles. The van der Waals surface area contributed by atoms with Crippen molar-refractivity contribution in [2.24, 2.45) is 0 Å². The average Bonchev–Trinajstić information content (AvgIpc) is 2.16. The molecule has 0 radical (unpaired) electrons. The Morgan fingerprint density at radius 2 is 1.88 bits per heavy atom. The fraction of sp³-hybridized carbons (Fsp3) is 0.300. The van der Waals surface area contributed by atoms with Crippen LogP contribution < -0.4 is 0 Å². The second kappa shape index (κ2) is 5.36. The van der Waals surface area contributed by atoms with Crippen LogP contribution in [0.15, 0.2) is 29.2 Å². The van der Waals surface area contributed by atoms with Gasteiger partial charge in [0.05, 0.1) is 11.3 Å².